The van der Waals surface area contributed by atoms with E-state index in [2.05, 4.69) is 13.0 Å². The second kappa shape index (κ2) is 19.9. The van der Waals surface area contributed by atoms with Crippen molar-refractivity contribution < 1.29 is 10.2 Å². The van der Waals surface area contributed by atoms with Crippen LogP contribution in [0.3, 0.4) is 0 Å². The highest BCUT2D eigenvalue weighted by Crippen LogP contribution is 2.13. The molecule has 2 N–H and O–H groups in total. The molecule has 0 saturated heterocycles. The van der Waals surface area contributed by atoms with Gasteiger partial charge in [-0.15, -0.1) is 0 Å². The van der Waals surface area contributed by atoms with Crippen LogP contribution in [0.1, 0.15) is 103 Å². The van der Waals surface area contributed by atoms with E-state index in [1.165, 1.54) is 96.0 Å². The smallest absolute Gasteiger partial charge is 0.274 e. The van der Waals surface area contributed by atoms with Crippen LogP contribution in [0.2, 0.25) is 0 Å². The zero-order valence-corrected chi connectivity index (χ0v) is 15.9. The summed E-state index contributed by atoms with van der Waals surface area (Å²) in [7, 11) is 0. The number of hydrogen-bond donors (Lipinski definition) is 2. The Morgan fingerprint density at radius 1 is 0.583 bits per heavy atom. The van der Waals surface area contributed by atoms with Crippen molar-refractivity contribution in [3.05, 3.63) is 36.3 Å². The van der Waals surface area contributed by atoms with E-state index in [0.29, 0.717) is 0 Å². The fraction of sp³-hybridized carbons (Fsp3) is 0.727. The van der Waals surface area contributed by atoms with Gasteiger partial charge >= 0.3 is 0 Å². The first kappa shape index (κ1) is 22.8. The summed E-state index contributed by atoms with van der Waals surface area (Å²) < 4.78 is 0. The third-order valence-corrected chi connectivity index (χ3v) is 4.33. The van der Waals surface area contributed by atoms with E-state index in [-0.39, 0.29) is 0 Å². The summed E-state index contributed by atoms with van der Waals surface area (Å²) in [5.74, 6) is -0.647. The normalized spacial score (nSPS) is 11.5. The van der Waals surface area contributed by atoms with Gasteiger partial charge in [0.2, 0.25) is 0 Å². The molecule has 2 heteroatoms. The average molecular weight is 337 g/mol. The monoisotopic (exact) mass is 336 g/mol. The predicted molar refractivity (Wildman–Crippen MR) is 107 cm³/mol. The summed E-state index contributed by atoms with van der Waals surface area (Å²) in [4.78, 5) is 0. The van der Waals surface area contributed by atoms with Gasteiger partial charge in [0.1, 0.15) is 0 Å². The molecular formula is C22H40O2. The van der Waals surface area contributed by atoms with E-state index in [1.54, 1.807) is 6.08 Å². The lowest BCUT2D eigenvalue weighted by Gasteiger charge is -2.02. The van der Waals surface area contributed by atoms with Crippen LogP contribution in [0.5, 0.6) is 0 Å². The zero-order valence-electron chi connectivity index (χ0n) is 15.9. The van der Waals surface area contributed by atoms with E-state index in [1.807, 2.05) is 12.2 Å². The summed E-state index contributed by atoms with van der Waals surface area (Å²) in [5.41, 5.74) is 0. The minimum absolute atomic E-state index is 0.647. The van der Waals surface area contributed by atoms with Crippen molar-refractivity contribution >= 4 is 0 Å². The van der Waals surface area contributed by atoms with Crippen LogP contribution >= 0.6 is 0 Å². The molecule has 0 radical (unpaired) electrons. The highest BCUT2D eigenvalue weighted by Gasteiger charge is 1.93. The summed E-state index contributed by atoms with van der Waals surface area (Å²) in [6.45, 7) is 2.28. The van der Waals surface area contributed by atoms with Gasteiger partial charge in [0.05, 0.1) is 0 Å². The van der Waals surface area contributed by atoms with E-state index >= 15 is 0 Å². The number of allylic oxidation sites excluding steroid dienone is 5. The molecule has 0 aliphatic heterocycles. The summed E-state index contributed by atoms with van der Waals surface area (Å²) >= 11 is 0. The molecule has 0 saturated carbocycles. The van der Waals surface area contributed by atoms with Crippen LogP contribution in [0.15, 0.2) is 36.3 Å². The number of rotatable bonds is 17. The molecule has 0 aromatic rings. The van der Waals surface area contributed by atoms with Gasteiger partial charge in [0.15, 0.2) is 0 Å². The molecule has 24 heavy (non-hydrogen) atoms. The molecule has 0 bridgehead atoms. The van der Waals surface area contributed by atoms with Crippen molar-refractivity contribution in [3.63, 3.8) is 0 Å². The third-order valence-electron chi connectivity index (χ3n) is 4.33. The standard InChI is InChI=1S/C22H40O2/c1-2-3-4-5-6-7-8-9-10-11-12-13-14-15-16-17-18-19-20-21-22(23)24/h17-21,23-24H,2-16H2,1H3/b18-17+,20-19+. The van der Waals surface area contributed by atoms with Crippen molar-refractivity contribution in [2.24, 2.45) is 0 Å². The van der Waals surface area contributed by atoms with Gasteiger partial charge in [-0.25, -0.2) is 0 Å². The third kappa shape index (κ3) is 20.8. The maximum absolute atomic E-state index is 8.54. The Labute approximate surface area is 150 Å². The molecule has 0 fully saturated rings. The highest BCUT2D eigenvalue weighted by molar-refractivity contribution is 5.10. The van der Waals surface area contributed by atoms with Gasteiger partial charge in [-0.1, -0.05) is 115 Å². The van der Waals surface area contributed by atoms with Gasteiger partial charge in [0, 0.05) is 6.08 Å². The Morgan fingerprint density at radius 2 is 1.04 bits per heavy atom. The maximum Gasteiger partial charge on any atom is 0.274 e. The Morgan fingerprint density at radius 3 is 1.50 bits per heavy atom. The van der Waals surface area contributed by atoms with Gasteiger partial charge in [0.25, 0.3) is 5.95 Å². The maximum atomic E-state index is 8.54. The molecule has 0 unspecified atom stereocenters. The summed E-state index contributed by atoms with van der Waals surface area (Å²) in [6, 6.07) is 0. The second-order valence-corrected chi connectivity index (χ2v) is 6.72. The molecule has 2 nitrogen and oxygen atoms in total. The first-order valence-corrected chi connectivity index (χ1v) is 10.2. The van der Waals surface area contributed by atoms with Gasteiger partial charge in [-0.2, -0.15) is 0 Å². The second-order valence-electron chi connectivity index (χ2n) is 6.72. The largest absolute Gasteiger partial charge is 0.481 e. The lowest BCUT2D eigenvalue weighted by atomic mass is 10.0. The van der Waals surface area contributed by atoms with Crippen molar-refractivity contribution in [2.75, 3.05) is 0 Å². The van der Waals surface area contributed by atoms with Crippen molar-refractivity contribution in [3.8, 4) is 0 Å². The summed E-state index contributed by atoms with van der Waals surface area (Å²) in [5, 5.41) is 17.1. The van der Waals surface area contributed by atoms with Crippen LogP contribution < -0.4 is 0 Å². The first-order chi connectivity index (χ1) is 11.8. The van der Waals surface area contributed by atoms with Crippen molar-refractivity contribution in [1.29, 1.82) is 0 Å². The van der Waals surface area contributed by atoms with Crippen LogP contribution in [0, 0.1) is 0 Å². The Bertz CT molecular complexity index is 325. The van der Waals surface area contributed by atoms with E-state index in [9.17, 15) is 0 Å². The quantitative estimate of drug-likeness (QED) is 0.161. The van der Waals surface area contributed by atoms with E-state index in [4.69, 9.17) is 10.2 Å². The van der Waals surface area contributed by atoms with Gasteiger partial charge < -0.3 is 10.2 Å². The molecule has 0 spiro atoms. The van der Waals surface area contributed by atoms with Crippen molar-refractivity contribution in [2.45, 2.75) is 103 Å². The van der Waals surface area contributed by atoms with Gasteiger partial charge in [-0.3, -0.25) is 0 Å². The molecular weight excluding hydrogens is 296 g/mol. The fourth-order valence-corrected chi connectivity index (χ4v) is 2.84. The van der Waals surface area contributed by atoms with E-state index < -0.39 is 5.95 Å². The minimum Gasteiger partial charge on any atom is -0.481 e. The van der Waals surface area contributed by atoms with E-state index in [0.717, 1.165) is 6.42 Å². The molecule has 0 rings (SSSR count). The SMILES string of the molecule is CCCCCCCCCCCCCCCC/C=C/C=C/C=C(O)O. The Kier molecular flexibility index (Phi) is 18.9. The molecule has 0 amide bonds. The summed E-state index contributed by atoms with van der Waals surface area (Å²) in [6.07, 6.45) is 29.5. The lowest BCUT2D eigenvalue weighted by molar-refractivity contribution is 0.191. The molecule has 0 aliphatic carbocycles. The lowest BCUT2D eigenvalue weighted by Crippen LogP contribution is -1.83. The Balaban J connectivity index is 3.14. The van der Waals surface area contributed by atoms with Crippen LogP contribution in [0.4, 0.5) is 0 Å². The molecule has 140 valence electrons. The van der Waals surface area contributed by atoms with Crippen LogP contribution in [-0.4, -0.2) is 10.2 Å². The van der Waals surface area contributed by atoms with Gasteiger partial charge in [-0.05, 0) is 12.8 Å². The number of aliphatic hydroxyl groups is 2. The molecule has 0 atom stereocenters. The number of unbranched alkanes of at least 4 members (excludes halogenated alkanes) is 14. The molecule has 0 aliphatic rings. The average Bonchev–Trinajstić information content (AvgIpc) is 2.56. The number of hydrogen-bond acceptors (Lipinski definition) is 2. The topological polar surface area (TPSA) is 40.5 Å². The first-order valence-electron chi connectivity index (χ1n) is 10.2. The molecule has 0 aromatic carbocycles. The zero-order chi connectivity index (χ0) is 17.7. The minimum atomic E-state index is -0.647. The van der Waals surface area contributed by atoms with Crippen molar-refractivity contribution in [1.82, 2.24) is 0 Å². The predicted octanol–water partition coefficient (Wildman–Crippen LogP) is 7.93. The molecule has 0 aromatic heterocycles. The van der Waals surface area contributed by atoms with Crippen LogP contribution in [-0.2, 0) is 0 Å². The number of aliphatic hydroxyl groups excluding tert-OH is 1. The highest BCUT2D eigenvalue weighted by atomic mass is 16.5. The fourth-order valence-electron chi connectivity index (χ4n) is 2.84. The molecule has 0 heterocycles. The Hall–Kier alpha value is -1.18. The van der Waals surface area contributed by atoms with Crippen LogP contribution in [0.25, 0.3) is 0 Å².